The van der Waals surface area contributed by atoms with E-state index in [2.05, 4.69) is 26.2 Å². The number of pyridine rings is 1. The zero-order chi connectivity index (χ0) is 20.9. The van der Waals surface area contributed by atoms with Gasteiger partial charge in [-0.05, 0) is 54.1 Å². The van der Waals surface area contributed by atoms with Crippen molar-refractivity contribution in [2.45, 2.75) is 16.5 Å². The maximum absolute atomic E-state index is 12.8. The summed E-state index contributed by atoms with van der Waals surface area (Å²) in [6.07, 6.45) is 1.33. The minimum absolute atomic E-state index is 0.200. The van der Waals surface area contributed by atoms with Crippen molar-refractivity contribution in [1.29, 1.82) is 0 Å². The SMILES string of the molecule is O=C(NCc1cccc(N2CCOC2=O)c1)c1cccnc1Sc1ccc(Br)cc1. The highest BCUT2D eigenvalue weighted by atomic mass is 79.9. The fraction of sp³-hybridized carbons (Fsp3) is 0.136. The Bertz CT molecular complexity index is 1080. The Morgan fingerprint density at radius 1 is 1.17 bits per heavy atom. The standard InChI is InChI=1S/C22H18BrN3O3S/c23-16-6-8-18(9-7-16)30-21-19(5-2-10-24-21)20(27)25-14-15-3-1-4-17(13-15)26-11-12-29-22(26)28/h1-10,13H,11-12,14H2,(H,25,27). The number of aromatic nitrogens is 1. The molecule has 6 nitrogen and oxygen atoms in total. The van der Waals surface area contributed by atoms with Crippen LogP contribution in [0.3, 0.4) is 0 Å². The number of ether oxygens (including phenoxy) is 1. The van der Waals surface area contributed by atoms with Gasteiger partial charge in [0, 0.05) is 27.8 Å². The van der Waals surface area contributed by atoms with Gasteiger partial charge in [-0.25, -0.2) is 9.78 Å². The van der Waals surface area contributed by atoms with Gasteiger partial charge in [0.1, 0.15) is 11.6 Å². The molecule has 2 amide bonds. The van der Waals surface area contributed by atoms with Crippen molar-refractivity contribution in [2.75, 3.05) is 18.1 Å². The summed E-state index contributed by atoms with van der Waals surface area (Å²) in [5.41, 5.74) is 2.17. The van der Waals surface area contributed by atoms with E-state index in [4.69, 9.17) is 4.74 Å². The van der Waals surface area contributed by atoms with Crippen LogP contribution in [-0.2, 0) is 11.3 Å². The number of hydrogen-bond donors (Lipinski definition) is 1. The summed E-state index contributed by atoms with van der Waals surface area (Å²) in [5, 5.41) is 3.59. The molecule has 0 atom stereocenters. The van der Waals surface area contributed by atoms with Crippen LogP contribution >= 0.6 is 27.7 Å². The van der Waals surface area contributed by atoms with Crippen LogP contribution in [-0.4, -0.2) is 30.1 Å². The molecular weight excluding hydrogens is 466 g/mol. The minimum atomic E-state index is -0.346. The number of nitrogens with zero attached hydrogens (tertiary/aromatic N) is 2. The van der Waals surface area contributed by atoms with Crippen molar-refractivity contribution < 1.29 is 14.3 Å². The first-order valence-corrected chi connectivity index (χ1v) is 10.9. The Morgan fingerprint density at radius 2 is 2.00 bits per heavy atom. The maximum Gasteiger partial charge on any atom is 0.414 e. The van der Waals surface area contributed by atoms with E-state index in [1.807, 2.05) is 48.5 Å². The highest BCUT2D eigenvalue weighted by Crippen LogP contribution is 2.29. The average Bonchev–Trinajstić information content (AvgIpc) is 3.20. The normalized spacial score (nSPS) is 13.2. The predicted octanol–water partition coefficient (Wildman–Crippen LogP) is 4.88. The lowest BCUT2D eigenvalue weighted by Crippen LogP contribution is -2.25. The first kappa shape index (κ1) is 20.4. The summed E-state index contributed by atoms with van der Waals surface area (Å²) in [5.74, 6) is -0.200. The van der Waals surface area contributed by atoms with E-state index in [-0.39, 0.29) is 12.0 Å². The third-order valence-electron chi connectivity index (χ3n) is 4.48. The molecule has 1 saturated heterocycles. The second kappa shape index (κ2) is 9.32. The zero-order valence-corrected chi connectivity index (χ0v) is 18.3. The van der Waals surface area contributed by atoms with Gasteiger partial charge in [-0.15, -0.1) is 0 Å². The summed E-state index contributed by atoms with van der Waals surface area (Å²) in [6, 6.07) is 18.9. The summed E-state index contributed by atoms with van der Waals surface area (Å²) in [7, 11) is 0. The van der Waals surface area contributed by atoms with Gasteiger partial charge in [0.15, 0.2) is 0 Å². The van der Waals surface area contributed by atoms with E-state index < -0.39 is 0 Å². The van der Waals surface area contributed by atoms with Crippen molar-refractivity contribution in [3.63, 3.8) is 0 Å². The molecule has 0 bridgehead atoms. The van der Waals surface area contributed by atoms with Gasteiger partial charge in [0.25, 0.3) is 5.91 Å². The quantitative estimate of drug-likeness (QED) is 0.540. The second-order valence-corrected chi connectivity index (χ2v) is 8.51. The Morgan fingerprint density at radius 3 is 2.77 bits per heavy atom. The van der Waals surface area contributed by atoms with Gasteiger partial charge >= 0.3 is 6.09 Å². The van der Waals surface area contributed by atoms with Crippen molar-refractivity contribution in [2.24, 2.45) is 0 Å². The summed E-state index contributed by atoms with van der Waals surface area (Å²) in [6.45, 7) is 1.26. The first-order chi connectivity index (χ1) is 14.6. The third kappa shape index (κ3) is 4.83. The monoisotopic (exact) mass is 483 g/mol. The van der Waals surface area contributed by atoms with Crippen LogP contribution in [0.5, 0.6) is 0 Å². The van der Waals surface area contributed by atoms with Crippen molar-refractivity contribution in [3.8, 4) is 0 Å². The molecule has 152 valence electrons. The number of anilines is 1. The molecule has 0 unspecified atom stereocenters. The molecule has 1 aromatic heterocycles. The number of hydrogen-bond acceptors (Lipinski definition) is 5. The Kier molecular flexibility index (Phi) is 6.35. The number of nitrogens with one attached hydrogen (secondary N) is 1. The van der Waals surface area contributed by atoms with Crippen molar-refractivity contribution >= 4 is 45.4 Å². The number of carbonyl (C=O) groups is 2. The van der Waals surface area contributed by atoms with Crippen LogP contribution in [0.4, 0.5) is 10.5 Å². The molecule has 0 saturated carbocycles. The lowest BCUT2D eigenvalue weighted by atomic mass is 10.2. The lowest BCUT2D eigenvalue weighted by molar-refractivity contribution is 0.0947. The zero-order valence-electron chi connectivity index (χ0n) is 15.9. The van der Waals surface area contributed by atoms with E-state index in [9.17, 15) is 9.59 Å². The second-order valence-electron chi connectivity index (χ2n) is 6.53. The number of halogens is 1. The molecule has 2 aromatic carbocycles. The molecule has 0 spiro atoms. The molecular formula is C22H18BrN3O3S. The number of carbonyl (C=O) groups excluding carboxylic acids is 2. The van der Waals surface area contributed by atoms with Crippen LogP contribution in [0.25, 0.3) is 0 Å². The van der Waals surface area contributed by atoms with Gasteiger partial charge in [0.05, 0.1) is 12.1 Å². The minimum Gasteiger partial charge on any atom is -0.447 e. The molecule has 1 aliphatic heterocycles. The van der Waals surface area contributed by atoms with Gasteiger partial charge < -0.3 is 10.1 Å². The summed E-state index contributed by atoms with van der Waals surface area (Å²) >= 11 is 4.87. The predicted molar refractivity (Wildman–Crippen MR) is 119 cm³/mol. The van der Waals surface area contributed by atoms with Crippen molar-refractivity contribution in [1.82, 2.24) is 10.3 Å². The third-order valence-corrected chi connectivity index (χ3v) is 6.04. The van der Waals surface area contributed by atoms with E-state index in [1.54, 1.807) is 23.2 Å². The first-order valence-electron chi connectivity index (χ1n) is 9.30. The molecule has 2 heterocycles. The number of cyclic esters (lactones) is 1. The molecule has 30 heavy (non-hydrogen) atoms. The van der Waals surface area contributed by atoms with Crippen LogP contribution in [0.15, 0.2) is 81.3 Å². The molecule has 8 heteroatoms. The van der Waals surface area contributed by atoms with Crippen molar-refractivity contribution in [3.05, 3.63) is 82.5 Å². The molecule has 1 fully saturated rings. The number of amides is 2. The summed E-state index contributed by atoms with van der Waals surface area (Å²) < 4.78 is 5.99. The number of benzene rings is 2. The number of rotatable bonds is 6. The molecule has 0 radical (unpaired) electrons. The topological polar surface area (TPSA) is 71.5 Å². The smallest absolute Gasteiger partial charge is 0.414 e. The van der Waals surface area contributed by atoms with Crippen LogP contribution in [0.2, 0.25) is 0 Å². The van der Waals surface area contributed by atoms with Gasteiger partial charge in [-0.2, -0.15) is 0 Å². The fourth-order valence-corrected chi connectivity index (χ4v) is 4.14. The van der Waals surface area contributed by atoms with Gasteiger partial charge in [0.2, 0.25) is 0 Å². The van der Waals surface area contributed by atoms with E-state index >= 15 is 0 Å². The maximum atomic E-state index is 12.8. The van der Waals surface area contributed by atoms with E-state index in [1.165, 1.54) is 11.8 Å². The van der Waals surface area contributed by atoms with Gasteiger partial charge in [-0.3, -0.25) is 9.69 Å². The Balaban J connectivity index is 1.45. The Labute approximate surface area is 186 Å². The summed E-state index contributed by atoms with van der Waals surface area (Å²) in [4.78, 5) is 31.5. The molecule has 0 aliphatic carbocycles. The van der Waals surface area contributed by atoms with Crippen LogP contribution < -0.4 is 10.2 Å². The largest absolute Gasteiger partial charge is 0.447 e. The average molecular weight is 484 g/mol. The molecule has 3 aromatic rings. The molecule has 4 rings (SSSR count). The molecule has 1 N–H and O–H groups in total. The van der Waals surface area contributed by atoms with E-state index in [0.29, 0.717) is 30.3 Å². The van der Waals surface area contributed by atoms with Crippen LogP contribution in [0, 0.1) is 0 Å². The highest BCUT2D eigenvalue weighted by Gasteiger charge is 2.23. The lowest BCUT2D eigenvalue weighted by Gasteiger charge is -2.14. The highest BCUT2D eigenvalue weighted by molar-refractivity contribution is 9.10. The van der Waals surface area contributed by atoms with E-state index in [0.717, 1.165) is 20.6 Å². The molecule has 1 aliphatic rings. The van der Waals surface area contributed by atoms with Gasteiger partial charge in [-0.1, -0.05) is 39.8 Å². The Hall–Kier alpha value is -2.84. The van der Waals surface area contributed by atoms with Crippen LogP contribution in [0.1, 0.15) is 15.9 Å². The fourth-order valence-electron chi connectivity index (χ4n) is 3.00.